The van der Waals surface area contributed by atoms with Gasteiger partial charge >= 0.3 is 6.03 Å². The van der Waals surface area contributed by atoms with Crippen LogP contribution in [0.2, 0.25) is 0 Å². The van der Waals surface area contributed by atoms with Gasteiger partial charge in [-0.15, -0.1) is 24.7 Å². The van der Waals surface area contributed by atoms with Crippen molar-refractivity contribution >= 4 is 62.0 Å². The van der Waals surface area contributed by atoms with Crippen molar-refractivity contribution in [2.24, 2.45) is 17.3 Å². The van der Waals surface area contributed by atoms with Crippen molar-refractivity contribution in [1.29, 1.82) is 0 Å². The Bertz CT molecular complexity index is 1430. The Hall–Kier alpha value is -2.85. The Morgan fingerprint density at radius 3 is 1.96 bits per heavy atom. The lowest BCUT2D eigenvalue weighted by Crippen LogP contribution is -2.64. The predicted molar refractivity (Wildman–Crippen MR) is 209 cm³/mol. The Labute approximate surface area is 320 Å². The van der Waals surface area contributed by atoms with Crippen LogP contribution in [0.3, 0.4) is 0 Å². The first kappa shape index (κ1) is 46.2. The van der Waals surface area contributed by atoms with E-state index >= 15 is 0 Å². The van der Waals surface area contributed by atoms with Gasteiger partial charge in [0.15, 0.2) is 13.9 Å². The molecule has 0 radical (unpaired) electrons. The molecule has 1 rings (SSSR count). The normalized spacial score (nSPS) is 17.0. The number of terminal acetylenes is 2. The first-order valence-corrected chi connectivity index (χ1v) is 20.6. The molecule has 0 bridgehead atoms. The second-order valence-electron chi connectivity index (χ2n) is 16.0. The third-order valence-electron chi connectivity index (χ3n) is 9.36. The van der Waals surface area contributed by atoms with Crippen molar-refractivity contribution in [2.45, 2.75) is 140 Å². The molecule has 4 atom stereocenters. The fourth-order valence-corrected chi connectivity index (χ4v) is 7.73. The molecule has 0 spiro atoms. The summed E-state index contributed by atoms with van der Waals surface area (Å²) in [6.45, 7) is 16.4. The van der Waals surface area contributed by atoms with Crippen LogP contribution >= 0.6 is 22.6 Å². The van der Waals surface area contributed by atoms with Gasteiger partial charge in [-0.2, -0.15) is 0 Å². The maximum atomic E-state index is 14.5. The van der Waals surface area contributed by atoms with E-state index in [9.17, 15) is 32.4 Å². The lowest BCUT2D eigenvalue weighted by molar-refractivity contribution is -0.143. The molecule has 0 aromatic heterocycles. The third-order valence-corrected chi connectivity index (χ3v) is 13.4. The van der Waals surface area contributed by atoms with Gasteiger partial charge in [0.2, 0.25) is 11.7 Å². The molecule has 1 aliphatic rings. The highest BCUT2D eigenvalue weighted by Gasteiger charge is 2.45. The zero-order chi connectivity index (χ0) is 39.4. The van der Waals surface area contributed by atoms with Crippen LogP contribution in [0, 0.1) is 41.9 Å². The van der Waals surface area contributed by atoms with Gasteiger partial charge in [-0.3, -0.25) is 19.2 Å². The van der Waals surface area contributed by atoms with E-state index in [-0.39, 0.29) is 49.9 Å². The number of ketones is 1. The van der Waals surface area contributed by atoms with Crippen molar-refractivity contribution in [3.63, 3.8) is 0 Å². The van der Waals surface area contributed by atoms with Gasteiger partial charge in [-0.1, -0.05) is 60.8 Å². The molecular weight excluding hydrogens is 785 g/mol. The first-order chi connectivity index (χ1) is 23.4. The number of nitrogens with one attached hydrogen (secondary N) is 4. The van der Waals surface area contributed by atoms with E-state index in [0.717, 1.165) is 19.3 Å². The molecule has 1 saturated carbocycles. The second kappa shape index (κ2) is 19.8. The molecule has 0 aliphatic heterocycles. The number of halogens is 1. The number of urea groups is 1. The highest BCUT2D eigenvalue weighted by Crippen LogP contribution is 2.33. The molecule has 1 aliphatic carbocycles. The summed E-state index contributed by atoms with van der Waals surface area (Å²) >= 11 is 1.83. The topological polar surface area (TPSA) is 171 Å². The molecule has 4 N–H and O–H groups in total. The summed E-state index contributed by atoms with van der Waals surface area (Å²) in [6, 6.07) is -3.03. The Morgan fingerprint density at radius 1 is 0.902 bits per heavy atom. The molecular formula is C37H60IN5O7S. The monoisotopic (exact) mass is 845 g/mol. The van der Waals surface area contributed by atoms with Gasteiger partial charge in [0.05, 0.1) is 22.1 Å². The number of sulfone groups is 1. The van der Waals surface area contributed by atoms with Crippen LogP contribution in [-0.4, -0.2) is 88.1 Å². The molecule has 0 heterocycles. The van der Waals surface area contributed by atoms with E-state index in [1.807, 2.05) is 43.4 Å². The minimum Gasteiger partial charge on any atom is -0.348 e. The average molecular weight is 846 g/mol. The number of rotatable bonds is 17. The fourth-order valence-electron chi connectivity index (χ4n) is 5.52. The third kappa shape index (κ3) is 14.2. The van der Waals surface area contributed by atoms with E-state index in [1.54, 1.807) is 41.5 Å². The molecule has 1 unspecified atom stereocenters. The van der Waals surface area contributed by atoms with E-state index in [1.165, 1.54) is 4.90 Å². The Kier molecular flexibility index (Phi) is 18.0. The van der Waals surface area contributed by atoms with Gasteiger partial charge in [0.1, 0.15) is 6.04 Å². The van der Waals surface area contributed by atoms with Crippen molar-refractivity contribution in [3.8, 4) is 24.7 Å². The lowest BCUT2D eigenvalue weighted by atomic mass is 9.83. The Balaban J connectivity index is 3.45. The summed E-state index contributed by atoms with van der Waals surface area (Å²) in [5.74, 6) is 1.62. The number of Topliss-reactive ketones (excluding diaryl/α,β-unsaturated/α-hetero) is 1. The van der Waals surface area contributed by atoms with Crippen molar-refractivity contribution in [1.82, 2.24) is 26.2 Å². The summed E-state index contributed by atoms with van der Waals surface area (Å²) < 4.78 is 24.5. The van der Waals surface area contributed by atoms with Gasteiger partial charge < -0.3 is 26.2 Å². The number of amides is 5. The van der Waals surface area contributed by atoms with Gasteiger partial charge in [0, 0.05) is 25.9 Å². The minimum absolute atomic E-state index is 0.00234. The lowest BCUT2D eigenvalue weighted by Gasteiger charge is -2.41. The number of alkyl halides is 1. The maximum Gasteiger partial charge on any atom is 0.315 e. The molecule has 288 valence electrons. The fraction of sp³-hybridized carbons (Fsp3) is 0.757. The van der Waals surface area contributed by atoms with E-state index in [4.69, 9.17) is 12.8 Å². The molecule has 51 heavy (non-hydrogen) atoms. The summed E-state index contributed by atoms with van der Waals surface area (Å²) in [4.78, 5) is 69.1. The number of hydrogen-bond acceptors (Lipinski definition) is 7. The maximum absolute atomic E-state index is 14.5. The first-order valence-electron chi connectivity index (χ1n) is 17.7. The van der Waals surface area contributed by atoms with E-state index < -0.39 is 71.2 Å². The van der Waals surface area contributed by atoms with E-state index in [2.05, 4.69) is 33.1 Å². The summed E-state index contributed by atoms with van der Waals surface area (Å²) in [7, 11) is -3.60. The molecule has 1 fully saturated rings. The molecule has 0 aromatic carbocycles. The average Bonchev–Trinajstić information content (AvgIpc) is 3.02. The van der Waals surface area contributed by atoms with Crippen molar-refractivity contribution < 1.29 is 32.4 Å². The Morgan fingerprint density at radius 2 is 1.47 bits per heavy atom. The molecule has 14 heteroatoms. The highest BCUT2D eigenvalue weighted by atomic mass is 127. The van der Waals surface area contributed by atoms with Gasteiger partial charge in [0.25, 0.3) is 11.8 Å². The van der Waals surface area contributed by atoms with Crippen LogP contribution in [0.1, 0.15) is 114 Å². The SMILES string of the molecule is C#CCCNC(=O)C(=O)C(CCC#C)NC(=O)[C@H](I)N(C[C@@H](C)C(C)C)C(=O)[C@@H](NC(=O)NC1(CS(=O)(=O)C(C)(C)C)CCCCC1)C(C)(C)C. The number of hydrogen-bond donors (Lipinski definition) is 4. The number of carbonyl (C=O) groups excluding carboxylic acids is 5. The van der Waals surface area contributed by atoms with Crippen LogP contribution in [0.25, 0.3) is 0 Å². The summed E-state index contributed by atoms with van der Waals surface area (Å²) in [5, 5.41) is 10.9. The zero-order valence-electron chi connectivity index (χ0n) is 31.9. The molecule has 5 amide bonds. The second-order valence-corrected chi connectivity index (χ2v) is 20.0. The van der Waals surface area contributed by atoms with Gasteiger partial charge in [-0.05, 0) is 79.9 Å². The summed E-state index contributed by atoms with van der Waals surface area (Å²) in [5.41, 5.74) is -1.83. The standard InChI is InChI=1S/C37H60IN5O7S/c1-12-14-19-27(28(44)31(45)39-22-15-13-2)40-32(46)30(38)43(23-26(5)25(3)4)33(47)29(35(6,7)8)41-34(48)42-37(20-17-16-18-21-37)24-51(49,50)36(9,10)11/h1-2,25-27,29-30H,14-24H2,3-11H3,(H,39,45)(H,40,46)(H2,41,42,48)/t26-,27?,29-,30-/m1/s1. The van der Waals surface area contributed by atoms with Crippen LogP contribution < -0.4 is 21.3 Å². The zero-order valence-corrected chi connectivity index (χ0v) is 34.9. The van der Waals surface area contributed by atoms with E-state index in [0.29, 0.717) is 12.8 Å². The highest BCUT2D eigenvalue weighted by molar-refractivity contribution is 14.1. The quantitative estimate of drug-likeness (QED) is 0.0427. The largest absolute Gasteiger partial charge is 0.348 e. The smallest absolute Gasteiger partial charge is 0.315 e. The number of carbonyl (C=O) groups is 5. The predicted octanol–water partition coefficient (Wildman–Crippen LogP) is 4.11. The van der Waals surface area contributed by atoms with Crippen molar-refractivity contribution in [3.05, 3.63) is 0 Å². The molecule has 0 saturated heterocycles. The summed E-state index contributed by atoms with van der Waals surface area (Å²) in [6.07, 6.45) is 14.4. The molecule has 0 aromatic rings. The van der Waals surface area contributed by atoms with Crippen LogP contribution in [-0.2, 0) is 29.0 Å². The van der Waals surface area contributed by atoms with Crippen LogP contribution in [0.15, 0.2) is 0 Å². The van der Waals surface area contributed by atoms with Crippen LogP contribution in [0.4, 0.5) is 4.79 Å². The number of nitrogens with zero attached hydrogens (tertiary/aromatic N) is 1. The molecule has 12 nitrogen and oxygen atoms in total. The van der Waals surface area contributed by atoms with Gasteiger partial charge in [-0.25, -0.2) is 13.2 Å². The van der Waals surface area contributed by atoms with Crippen LogP contribution in [0.5, 0.6) is 0 Å². The minimum atomic E-state index is -3.60. The van der Waals surface area contributed by atoms with Crippen molar-refractivity contribution in [2.75, 3.05) is 18.8 Å².